The standard InChI is InChI=1S/C101H194N8O/c1-7-13-19-25-31-38-47-55-64-80-72-73-81(65-56-48-39-32-26-20-14-8-2)89-88(80)96-103-94-86-71-62-70-79(63-54-46-44-37-45-53-61-78-110)87(86)95(102-94)104-97-90-82(66-57-49-40-33-27-21-15-9-3)74-75-83(67-58-50-41-34-28-22-16-10-4)91(90)99(106-97)108-101-93-85(69-60-52-43-36-30-24-18-12-6)77-76-84(68-59-51-42-35-29-23-17-11-5)92(93)100(109-101)107-98(89)105-96/h79-110H,7-78H2,1-6H3. The highest BCUT2D eigenvalue weighted by atomic mass is 16.3. The molecular formula is C101H194N8O. The number of unbranched alkanes of at least 4 members (excludes halogenated alkanes) is 48. The smallest absolute Gasteiger partial charge is 0.0631 e. The molecule has 110 heavy (non-hydrogen) atoms. The van der Waals surface area contributed by atoms with Crippen molar-refractivity contribution in [1.82, 2.24) is 42.5 Å². The van der Waals surface area contributed by atoms with Gasteiger partial charge in [-0.1, -0.05) is 446 Å². The van der Waals surface area contributed by atoms with Crippen LogP contribution < -0.4 is 42.5 Å². The Kier molecular flexibility index (Phi) is 48.4. The maximum Gasteiger partial charge on any atom is 0.0631 e. The minimum absolute atomic E-state index is 0.313. The van der Waals surface area contributed by atoms with Crippen LogP contribution in [0.2, 0.25) is 0 Å². The van der Waals surface area contributed by atoms with Crippen LogP contribution in [0, 0.1) is 88.8 Å². The fourth-order valence-corrected chi connectivity index (χ4v) is 26.3. The lowest BCUT2D eigenvalue weighted by Gasteiger charge is -2.46. The van der Waals surface area contributed by atoms with E-state index in [1.54, 1.807) is 0 Å². The molecule has 9 nitrogen and oxygen atoms in total. The predicted molar refractivity (Wildman–Crippen MR) is 477 cm³/mol. The third-order valence-electron chi connectivity index (χ3n) is 32.3. The zero-order valence-corrected chi connectivity index (χ0v) is 74.6. The lowest BCUT2D eigenvalue weighted by molar-refractivity contribution is 0.0417. The lowest BCUT2D eigenvalue weighted by atomic mass is 9.62. The summed E-state index contributed by atoms with van der Waals surface area (Å²) in [7, 11) is 0. The molecule has 9 N–H and O–H groups in total. The number of rotatable bonds is 63. The van der Waals surface area contributed by atoms with Gasteiger partial charge in [-0.3, -0.25) is 42.5 Å². The van der Waals surface area contributed by atoms with Gasteiger partial charge in [0.15, 0.2) is 0 Å². The third-order valence-corrected chi connectivity index (χ3v) is 32.3. The second kappa shape index (κ2) is 57.0. The molecular weight excluding hydrogens is 1340 g/mol. The zero-order chi connectivity index (χ0) is 76.8. The highest BCUT2D eigenvalue weighted by Gasteiger charge is 2.61. The first kappa shape index (κ1) is 93.5. The molecule has 9 aliphatic rings. The molecule has 0 radical (unpaired) electrons. The summed E-state index contributed by atoms with van der Waals surface area (Å²) in [4.78, 5) is 0. The lowest BCUT2D eigenvalue weighted by Crippen LogP contribution is -2.62. The van der Waals surface area contributed by atoms with E-state index in [-0.39, 0.29) is 0 Å². The van der Waals surface area contributed by atoms with Gasteiger partial charge in [0.25, 0.3) is 0 Å². The van der Waals surface area contributed by atoms with Crippen molar-refractivity contribution in [3.05, 3.63) is 0 Å². The van der Waals surface area contributed by atoms with E-state index in [1.807, 2.05) is 0 Å². The molecule has 9 fully saturated rings. The Morgan fingerprint density at radius 1 is 0.173 bits per heavy atom. The summed E-state index contributed by atoms with van der Waals surface area (Å²) in [6.07, 6.45) is 103. The summed E-state index contributed by atoms with van der Waals surface area (Å²) in [6, 6.07) is 0. The maximum atomic E-state index is 9.61. The normalized spacial score (nSPS) is 33.4. The number of aliphatic hydroxyl groups is 1. The maximum absolute atomic E-state index is 9.61. The molecule has 4 saturated carbocycles. The van der Waals surface area contributed by atoms with Crippen LogP contribution in [0.3, 0.4) is 0 Å². The van der Waals surface area contributed by atoms with Gasteiger partial charge in [-0.25, -0.2) is 0 Å². The van der Waals surface area contributed by atoms with Crippen LogP contribution in [0.15, 0.2) is 0 Å². The van der Waals surface area contributed by atoms with Gasteiger partial charge in [0.05, 0.1) is 49.3 Å². The largest absolute Gasteiger partial charge is 0.396 e. The van der Waals surface area contributed by atoms with Crippen LogP contribution in [0.1, 0.15) is 497 Å². The summed E-state index contributed by atoms with van der Waals surface area (Å²) < 4.78 is 0. The molecule has 644 valence electrons. The highest BCUT2D eigenvalue weighted by Crippen LogP contribution is 2.55. The van der Waals surface area contributed by atoms with E-state index >= 15 is 0 Å². The molecule has 23 unspecified atom stereocenters. The van der Waals surface area contributed by atoms with Crippen LogP contribution in [0.4, 0.5) is 0 Å². The number of fused-ring (bicyclic) bond motifs is 20. The van der Waals surface area contributed by atoms with E-state index < -0.39 is 0 Å². The highest BCUT2D eigenvalue weighted by molar-refractivity contribution is 5.13. The van der Waals surface area contributed by atoms with Gasteiger partial charge >= 0.3 is 0 Å². The molecule has 8 bridgehead atoms. The first-order chi connectivity index (χ1) is 54.4. The van der Waals surface area contributed by atoms with E-state index in [0.717, 1.165) is 47.8 Å². The number of hydrogen-bond acceptors (Lipinski definition) is 9. The van der Waals surface area contributed by atoms with Crippen molar-refractivity contribution in [2.24, 2.45) is 88.8 Å². The second-order valence-corrected chi connectivity index (χ2v) is 40.4. The Morgan fingerprint density at radius 3 is 0.536 bits per heavy atom. The number of aliphatic hydroxyl groups excluding tert-OH is 1. The van der Waals surface area contributed by atoms with E-state index in [2.05, 4.69) is 41.5 Å². The molecule has 0 aromatic carbocycles. The summed E-state index contributed by atoms with van der Waals surface area (Å²) in [5, 5.41) is 48.7. The van der Waals surface area contributed by atoms with Crippen molar-refractivity contribution in [2.75, 3.05) is 6.61 Å². The van der Waals surface area contributed by atoms with Crippen LogP contribution >= 0.6 is 0 Å². The van der Waals surface area contributed by atoms with Crippen molar-refractivity contribution in [1.29, 1.82) is 0 Å². The molecule has 23 atom stereocenters. The van der Waals surface area contributed by atoms with Crippen molar-refractivity contribution in [2.45, 2.75) is 547 Å². The molecule has 9 heteroatoms. The fraction of sp³-hybridized carbons (Fsp3) is 1.00. The van der Waals surface area contributed by atoms with Crippen LogP contribution in [0.25, 0.3) is 0 Å². The molecule has 0 amide bonds. The fourth-order valence-electron chi connectivity index (χ4n) is 26.3. The first-order valence-corrected chi connectivity index (χ1v) is 52.1. The minimum Gasteiger partial charge on any atom is -0.396 e. The molecule has 0 aromatic heterocycles. The van der Waals surface area contributed by atoms with Gasteiger partial charge in [0, 0.05) is 6.61 Å². The van der Waals surface area contributed by atoms with Crippen LogP contribution in [0.5, 0.6) is 0 Å². The predicted octanol–water partition coefficient (Wildman–Crippen LogP) is 27.5. The zero-order valence-electron chi connectivity index (χ0n) is 74.6. The Labute approximate surface area is 685 Å². The third kappa shape index (κ3) is 31.0. The molecule has 5 saturated heterocycles. The Hall–Kier alpha value is -0.360. The van der Waals surface area contributed by atoms with Gasteiger partial charge in [0.2, 0.25) is 0 Å². The Balaban J connectivity index is 1.10. The van der Waals surface area contributed by atoms with Crippen molar-refractivity contribution < 1.29 is 5.11 Å². The van der Waals surface area contributed by atoms with Gasteiger partial charge in [-0.15, -0.1) is 0 Å². The van der Waals surface area contributed by atoms with Crippen LogP contribution in [-0.2, 0) is 0 Å². The second-order valence-electron chi connectivity index (χ2n) is 40.4. The Bertz CT molecular complexity index is 2180. The van der Waals surface area contributed by atoms with Crippen molar-refractivity contribution in [3.63, 3.8) is 0 Å². The van der Waals surface area contributed by atoms with Gasteiger partial charge in [-0.05, 0) is 140 Å². The monoisotopic (exact) mass is 1540 g/mol. The van der Waals surface area contributed by atoms with E-state index in [0.29, 0.717) is 103 Å². The average molecular weight is 1540 g/mol. The molecule has 5 heterocycles. The first-order valence-electron chi connectivity index (χ1n) is 52.1. The molecule has 0 spiro atoms. The summed E-state index contributed by atoms with van der Waals surface area (Å²) in [5.74, 6) is 10.6. The summed E-state index contributed by atoms with van der Waals surface area (Å²) >= 11 is 0. The molecule has 9 rings (SSSR count). The number of hydrogen-bond donors (Lipinski definition) is 9. The van der Waals surface area contributed by atoms with Crippen LogP contribution in [-0.4, -0.2) is 61.0 Å². The number of nitrogens with one attached hydrogen (secondary N) is 8. The summed E-state index contributed by atoms with van der Waals surface area (Å²) in [6.45, 7) is 14.7. The minimum atomic E-state index is 0.313. The van der Waals surface area contributed by atoms with E-state index in [9.17, 15) is 5.11 Å². The molecule has 0 aromatic rings. The van der Waals surface area contributed by atoms with Gasteiger partial charge in [0.1, 0.15) is 0 Å². The molecule has 5 aliphatic heterocycles. The quantitative estimate of drug-likeness (QED) is 0.0275. The topological polar surface area (TPSA) is 116 Å². The molecule has 4 aliphatic carbocycles. The average Bonchev–Trinajstić information content (AvgIpc) is 1.58. The summed E-state index contributed by atoms with van der Waals surface area (Å²) in [5.41, 5.74) is 0. The van der Waals surface area contributed by atoms with Crippen molar-refractivity contribution in [3.8, 4) is 0 Å². The van der Waals surface area contributed by atoms with Crippen molar-refractivity contribution >= 4 is 0 Å². The Morgan fingerprint density at radius 2 is 0.336 bits per heavy atom. The SMILES string of the molecule is CCCCCCCCCCC1CCC(CCCCCCCCCC)C2C3NC(NC4NC(NC5NC(NC6NC(N3)C3C(CCCCCCCCCC)CCC(CCCCCCCCCC)C63)C3C(CCCCCCCCCC)CCC(CCCCCCCCCC)C53)C3C(CCCCCCCCCO)CCCC43)C12. The van der Waals surface area contributed by atoms with E-state index in [4.69, 9.17) is 42.5 Å². The van der Waals surface area contributed by atoms with E-state index in [1.165, 1.54) is 449 Å². The van der Waals surface area contributed by atoms with Gasteiger partial charge in [-0.2, -0.15) is 0 Å². The van der Waals surface area contributed by atoms with Gasteiger partial charge < -0.3 is 5.11 Å².